The molecule has 11 nitrogen and oxygen atoms in total. The van der Waals surface area contributed by atoms with E-state index < -0.39 is 57.6 Å². The molecule has 0 spiro atoms. The Hall–Kier alpha value is -3.34. The second-order valence-corrected chi connectivity index (χ2v) is 16.0. The average Bonchev–Trinajstić information content (AvgIpc) is 3.21. The molecule has 59 heavy (non-hydrogen) atoms. The summed E-state index contributed by atoms with van der Waals surface area (Å²) in [4.78, 5) is 45.9. The number of carboxylic acids is 1. The Kier molecular flexibility index (Phi) is 39.1. The van der Waals surface area contributed by atoms with Crippen LogP contribution in [0.1, 0.15) is 162 Å². The lowest BCUT2D eigenvalue weighted by Gasteiger charge is -2.18. The van der Waals surface area contributed by atoms with Crippen LogP contribution in [0.5, 0.6) is 0 Å². The van der Waals surface area contributed by atoms with Crippen molar-refractivity contribution >= 4 is 25.7 Å². The molecule has 0 saturated heterocycles. The Morgan fingerprint density at radius 2 is 0.983 bits per heavy atom. The maximum atomic E-state index is 12.3. The highest BCUT2D eigenvalue weighted by atomic mass is 31.2. The van der Waals surface area contributed by atoms with Crippen LogP contribution in [-0.4, -0.2) is 64.9 Å². The molecule has 12 heteroatoms. The van der Waals surface area contributed by atoms with Crippen molar-refractivity contribution in [2.75, 3.05) is 19.8 Å². The van der Waals surface area contributed by atoms with Gasteiger partial charge >= 0.3 is 19.8 Å². The number of aliphatic hydroxyl groups is 1. The van der Waals surface area contributed by atoms with Gasteiger partial charge in [0.2, 0.25) is 5.91 Å². The molecule has 0 aromatic heterocycles. The molecule has 3 unspecified atom stereocenters. The average molecular weight is 848 g/mol. The molecule has 3 atom stereocenters. The lowest BCUT2D eigenvalue weighted by Crippen LogP contribution is -2.43. The van der Waals surface area contributed by atoms with Crippen molar-refractivity contribution in [1.29, 1.82) is 0 Å². The predicted molar refractivity (Wildman–Crippen MR) is 240 cm³/mol. The number of hydrogen-bond acceptors (Lipinski definition) is 8. The Balaban J connectivity index is 4.03. The highest BCUT2D eigenvalue weighted by molar-refractivity contribution is 7.47. The van der Waals surface area contributed by atoms with E-state index in [1.807, 2.05) is 12.2 Å². The van der Waals surface area contributed by atoms with Crippen molar-refractivity contribution < 1.29 is 47.8 Å². The van der Waals surface area contributed by atoms with E-state index in [4.69, 9.17) is 13.8 Å². The molecule has 1 amide bonds. The molecule has 0 aliphatic carbocycles. The van der Waals surface area contributed by atoms with Crippen LogP contribution < -0.4 is 5.32 Å². The third-order valence-corrected chi connectivity index (χ3v) is 9.90. The summed E-state index contributed by atoms with van der Waals surface area (Å²) >= 11 is 0. The zero-order valence-corrected chi connectivity index (χ0v) is 37.2. The second kappa shape index (κ2) is 41.4. The summed E-state index contributed by atoms with van der Waals surface area (Å²) in [5.74, 6) is -2.47. The van der Waals surface area contributed by atoms with E-state index in [2.05, 4.69) is 92.1 Å². The molecule has 0 aliphatic rings. The summed E-state index contributed by atoms with van der Waals surface area (Å²) in [6, 6.07) is -1.58. The number of carbonyl (C=O) groups excluding carboxylic acids is 2. The van der Waals surface area contributed by atoms with E-state index in [1.54, 1.807) is 0 Å². The van der Waals surface area contributed by atoms with Crippen molar-refractivity contribution in [3.8, 4) is 0 Å². The first kappa shape index (κ1) is 55.7. The third kappa shape index (κ3) is 41.2. The van der Waals surface area contributed by atoms with E-state index in [0.29, 0.717) is 19.3 Å². The first-order chi connectivity index (χ1) is 28.6. The molecule has 0 heterocycles. The first-order valence-electron chi connectivity index (χ1n) is 22.1. The van der Waals surface area contributed by atoms with E-state index >= 15 is 0 Å². The van der Waals surface area contributed by atoms with E-state index in [-0.39, 0.29) is 12.8 Å². The molecule has 0 radical (unpaired) electrons. The first-order valence-corrected chi connectivity index (χ1v) is 23.6. The Morgan fingerprint density at radius 3 is 1.44 bits per heavy atom. The van der Waals surface area contributed by atoms with Crippen LogP contribution in [0.4, 0.5) is 0 Å². The number of amides is 1. The number of rotatable bonds is 40. The van der Waals surface area contributed by atoms with Crippen LogP contribution in [0.3, 0.4) is 0 Å². The molecular weight excluding hydrogens is 769 g/mol. The highest BCUT2D eigenvalue weighted by Crippen LogP contribution is 2.43. The lowest BCUT2D eigenvalue weighted by atomic mass is 10.0. The van der Waals surface area contributed by atoms with Crippen molar-refractivity contribution in [2.24, 2.45) is 0 Å². The SMILES string of the molecule is CC/C=C\C/C=C\C/C=C\C/C=C\C/C=C\C/C=C\C/C=C\CCCC(=O)NC(COP(=O)(O)OCC(O)COC(=O)CCCCCCCCCCCCCC)C(=O)O. The van der Waals surface area contributed by atoms with Gasteiger partial charge < -0.3 is 25.2 Å². The van der Waals surface area contributed by atoms with Crippen LogP contribution in [0.25, 0.3) is 0 Å². The van der Waals surface area contributed by atoms with Gasteiger partial charge in [0.05, 0.1) is 13.2 Å². The van der Waals surface area contributed by atoms with E-state index in [9.17, 15) is 34.1 Å². The number of unbranched alkanes of at least 4 members (excludes halogenated alkanes) is 12. The Morgan fingerprint density at radius 1 is 0.559 bits per heavy atom. The zero-order valence-electron chi connectivity index (χ0n) is 36.3. The summed E-state index contributed by atoms with van der Waals surface area (Å²) in [5.41, 5.74) is 0. The zero-order chi connectivity index (χ0) is 43.5. The van der Waals surface area contributed by atoms with E-state index in [1.165, 1.54) is 51.4 Å². The second-order valence-electron chi connectivity index (χ2n) is 14.5. The highest BCUT2D eigenvalue weighted by Gasteiger charge is 2.28. The quantitative estimate of drug-likeness (QED) is 0.0201. The normalized spacial score (nSPS) is 14.5. The number of nitrogens with one attached hydrogen (secondary N) is 1. The number of hydrogen-bond donors (Lipinski definition) is 4. The third-order valence-electron chi connectivity index (χ3n) is 8.95. The van der Waals surface area contributed by atoms with Gasteiger partial charge in [-0.15, -0.1) is 0 Å². The number of esters is 1. The van der Waals surface area contributed by atoms with Gasteiger partial charge in [-0.1, -0.05) is 170 Å². The summed E-state index contributed by atoms with van der Waals surface area (Å²) in [6.07, 6.45) is 50.5. The molecule has 0 fully saturated rings. The Bertz CT molecular complexity index is 1320. The van der Waals surface area contributed by atoms with Crippen molar-refractivity contribution in [3.63, 3.8) is 0 Å². The summed E-state index contributed by atoms with van der Waals surface area (Å²) in [6.45, 7) is 2.42. The summed E-state index contributed by atoms with van der Waals surface area (Å²) < 4.78 is 26.8. The minimum atomic E-state index is -4.77. The molecule has 336 valence electrons. The number of phosphoric ester groups is 1. The van der Waals surface area contributed by atoms with Gasteiger partial charge in [0.1, 0.15) is 12.7 Å². The molecule has 0 aromatic carbocycles. The molecule has 0 rings (SSSR count). The Labute approximate surface area is 356 Å². The van der Waals surface area contributed by atoms with E-state index in [0.717, 1.165) is 64.2 Å². The fourth-order valence-electron chi connectivity index (χ4n) is 5.54. The number of aliphatic carboxylic acids is 1. The van der Waals surface area contributed by atoms with Gasteiger partial charge in [0.25, 0.3) is 0 Å². The minimum Gasteiger partial charge on any atom is -0.480 e. The fraction of sp³-hybridized carbons (Fsp3) is 0.638. The maximum Gasteiger partial charge on any atom is 0.472 e. The number of allylic oxidation sites excluding steroid dienone is 14. The topological polar surface area (TPSA) is 169 Å². The van der Waals surface area contributed by atoms with Crippen LogP contribution in [0, 0.1) is 0 Å². The standard InChI is InChI=1S/C47H78NO10P/c1-3-5-7-9-11-13-15-17-18-19-20-21-22-23-24-25-26-27-28-30-32-34-36-38-45(50)48-44(47(52)53)42-58-59(54,55)57-41-43(49)40-56-46(51)39-37-35-33-31-29-16-14-12-10-8-6-4-2/h5,7,11,13,17-18,20-21,23-24,26-27,30,32,43-44,49H,3-4,6,8-10,12,14-16,19,22,25,28-29,31,33-42H2,1-2H3,(H,48,50)(H,52,53)(H,54,55)/b7-5-,13-11-,18-17-,21-20-,24-23-,27-26-,32-30-. The molecule has 0 bridgehead atoms. The number of phosphoric acid groups is 1. The van der Waals surface area contributed by atoms with Gasteiger partial charge in [0, 0.05) is 12.8 Å². The van der Waals surface area contributed by atoms with Gasteiger partial charge in [-0.05, 0) is 64.2 Å². The van der Waals surface area contributed by atoms with Crippen LogP contribution in [-0.2, 0) is 32.7 Å². The number of aliphatic hydroxyl groups excluding tert-OH is 1. The van der Waals surface area contributed by atoms with Gasteiger partial charge in [-0.25, -0.2) is 9.36 Å². The van der Waals surface area contributed by atoms with Crippen molar-refractivity contribution in [1.82, 2.24) is 5.32 Å². The van der Waals surface area contributed by atoms with Gasteiger partial charge in [-0.3, -0.25) is 18.6 Å². The summed E-state index contributed by atoms with van der Waals surface area (Å²) in [7, 11) is -4.77. The maximum absolute atomic E-state index is 12.3. The van der Waals surface area contributed by atoms with Gasteiger partial charge in [-0.2, -0.15) is 0 Å². The monoisotopic (exact) mass is 848 g/mol. The largest absolute Gasteiger partial charge is 0.480 e. The summed E-state index contributed by atoms with van der Waals surface area (Å²) in [5, 5.41) is 21.8. The lowest BCUT2D eigenvalue weighted by molar-refractivity contribution is -0.147. The number of carboxylic acid groups (broad SMARTS) is 1. The number of carbonyl (C=O) groups is 3. The molecular formula is C47H78NO10P. The minimum absolute atomic E-state index is 0.0610. The molecule has 0 saturated carbocycles. The molecule has 0 aromatic rings. The van der Waals surface area contributed by atoms with Crippen LogP contribution in [0.2, 0.25) is 0 Å². The van der Waals surface area contributed by atoms with Crippen molar-refractivity contribution in [2.45, 2.75) is 174 Å². The fourth-order valence-corrected chi connectivity index (χ4v) is 6.31. The smallest absolute Gasteiger partial charge is 0.472 e. The van der Waals surface area contributed by atoms with Crippen LogP contribution in [0.15, 0.2) is 85.1 Å². The van der Waals surface area contributed by atoms with Crippen LogP contribution >= 0.6 is 7.82 Å². The molecule has 4 N–H and O–H groups in total. The molecule has 0 aliphatic heterocycles. The van der Waals surface area contributed by atoms with Crippen molar-refractivity contribution in [3.05, 3.63) is 85.1 Å². The predicted octanol–water partition coefficient (Wildman–Crippen LogP) is 11.5. The van der Waals surface area contributed by atoms with Gasteiger partial charge in [0.15, 0.2) is 6.04 Å². The number of ether oxygens (including phenoxy) is 1.